The van der Waals surface area contributed by atoms with Crippen LogP contribution < -0.4 is 0 Å². The minimum absolute atomic E-state index is 0.259. The summed E-state index contributed by atoms with van der Waals surface area (Å²) in [5, 5.41) is 27.4. The van der Waals surface area contributed by atoms with Crippen molar-refractivity contribution in [3.8, 4) is 5.40 Å². The van der Waals surface area contributed by atoms with Gasteiger partial charge >= 0.3 is 0 Å². The third-order valence-electron chi connectivity index (χ3n) is 5.16. The number of benzene rings is 1. The molecule has 2 aromatic rings. The van der Waals surface area contributed by atoms with Crippen molar-refractivity contribution in [3.63, 3.8) is 0 Å². The second kappa shape index (κ2) is 9.75. The first-order valence-electron chi connectivity index (χ1n) is 9.63. The lowest BCUT2D eigenvalue weighted by molar-refractivity contribution is -0.0714. The summed E-state index contributed by atoms with van der Waals surface area (Å²) in [5.74, 6) is 0. The van der Waals surface area contributed by atoms with Gasteiger partial charge in [-0.2, -0.15) is 10.4 Å². The van der Waals surface area contributed by atoms with Crippen LogP contribution in [0.25, 0.3) is 6.08 Å². The van der Waals surface area contributed by atoms with Crippen molar-refractivity contribution < 1.29 is 5.11 Å². The second-order valence-corrected chi connectivity index (χ2v) is 7.92. The molecule has 1 fully saturated rings. The Kier molecular flexibility index (Phi) is 7.65. The van der Waals surface area contributed by atoms with E-state index in [2.05, 4.69) is 29.7 Å². The highest BCUT2D eigenvalue weighted by atomic mass is 32.2. The Morgan fingerprint density at radius 1 is 1.29 bits per heavy atom. The van der Waals surface area contributed by atoms with Crippen LogP contribution in [0.4, 0.5) is 0 Å². The molecule has 0 amide bonds. The molecule has 5 nitrogen and oxygen atoms in total. The lowest BCUT2D eigenvalue weighted by atomic mass is 9.63. The highest BCUT2D eigenvalue weighted by Gasteiger charge is 2.49. The van der Waals surface area contributed by atoms with Gasteiger partial charge in [-0.25, -0.2) is 9.67 Å². The number of nitriles is 1. The van der Waals surface area contributed by atoms with Gasteiger partial charge in [0.05, 0.1) is 6.54 Å². The molecule has 1 heterocycles. The molecule has 1 unspecified atom stereocenters. The second-order valence-electron chi connectivity index (χ2n) is 7.17. The summed E-state index contributed by atoms with van der Waals surface area (Å²) in [6, 6.07) is 9.97. The van der Waals surface area contributed by atoms with Gasteiger partial charge in [-0.1, -0.05) is 58.0 Å². The molecular formula is C22H28N4OS. The molecule has 1 aromatic heterocycles. The minimum atomic E-state index is -1.10. The maximum Gasteiger partial charge on any atom is 0.200 e. The Morgan fingerprint density at radius 2 is 2.00 bits per heavy atom. The van der Waals surface area contributed by atoms with Crippen LogP contribution in [0.15, 0.2) is 53.1 Å². The normalized spacial score (nSPS) is 20.4. The van der Waals surface area contributed by atoms with Crippen molar-refractivity contribution >= 4 is 17.8 Å². The number of thiocyanates is 1. The molecule has 1 aliphatic rings. The lowest BCUT2D eigenvalue weighted by Crippen LogP contribution is -2.52. The third-order valence-corrected chi connectivity index (χ3v) is 5.75. The van der Waals surface area contributed by atoms with Crippen LogP contribution in [0.5, 0.6) is 0 Å². The maximum absolute atomic E-state index is 11.7. The van der Waals surface area contributed by atoms with E-state index in [-0.39, 0.29) is 12.0 Å². The van der Waals surface area contributed by atoms with Crippen LogP contribution in [0.2, 0.25) is 0 Å². The molecule has 1 saturated carbocycles. The van der Waals surface area contributed by atoms with E-state index in [0.29, 0.717) is 5.16 Å². The Labute approximate surface area is 171 Å². The van der Waals surface area contributed by atoms with E-state index in [4.69, 9.17) is 5.26 Å². The monoisotopic (exact) mass is 396 g/mol. The summed E-state index contributed by atoms with van der Waals surface area (Å²) >= 11 is 0.954. The summed E-state index contributed by atoms with van der Waals surface area (Å²) in [5.41, 5.74) is 3.84. The quantitative estimate of drug-likeness (QED) is 0.444. The number of aromatic nitrogens is 3. The molecule has 0 spiro atoms. The number of thioether (sulfide) groups is 1. The van der Waals surface area contributed by atoms with Gasteiger partial charge in [0.25, 0.3) is 0 Å². The molecule has 1 aromatic carbocycles. The number of hydrogen-bond donors (Lipinski definition) is 1. The van der Waals surface area contributed by atoms with Gasteiger partial charge in [0.2, 0.25) is 5.16 Å². The number of hydrogen-bond acceptors (Lipinski definition) is 5. The fraction of sp³-hybridized carbons (Fsp3) is 0.455. The van der Waals surface area contributed by atoms with Crippen molar-refractivity contribution in [1.29, 1.82) is 5.26 Å². The maximum atomic E-state index is 11.7. The van der Waals surface area contributed by atoms with Gasteiger partial charge in [-0.15, -0.1) is 5.73 Å². The van der Waals surface area contributed by atoms with E-state index >= 15 is 0 Å². The third kappa shape index (κ3) is 4.74. The summed E-state index contributed by atoms with van der Waals surface area (Å²) in [6.07, 6.45) is 6.06. The van der Waals surface area contributed by atoms with Crippen molar-refractivity contribution in [1.82, 2.24) is 14.8 Å². The zero-order valence-corrected chi connectivity index (χ0v) is 17.8. The minimum Gasteiger partial charge on any atom is -0.382 e. The number of nitrogens with zero attached hydrogens (tertiary/aromatic N) is 4. The highest BCUT2D eigenvalue weighted by molar-refractivity contribution is 8.03. The standard InChI is InChI=1S/C20H22N4OS.C2H6/c1-19(2)12-6-9-17(11-10-16-7-4-3-5-8-16)20(19,25)13-24-18(26-14-21)22-15-23-24;1-2/h3-5,7-8,10,15,25H,6,9,12-13H2,1-2H3;1-2H3. The smallest absolute Gasteiger partial charge is 0.200 e. The molecule has 1 aliphatic carbocycles. The zero-order valence-electron chi connectivity index (χ0n) is 17.0. The van der Waals surface area contributed by atoms with E-state index in [0.717, 1.165) is 42.2 Å². The Balaban J connectivity index is 0.00000136. The molecular weight excluding hydrogens is 368 g/mol. The first-order chi connectivity index (χ1) is 13.5. The zero-order chi connectivity index (χ0) is 20.6. The average molecular weight is 397 g/mol. The molecule has 0 aliphatic heterocycles. The van der Waals surface area contributed by atoms with E-state index in [9.17, 15) is 5.11 Å². The molecule has 0 saturated heterocycles. The molecule has 1 N–H and O–H groups in total. The molecule has 0 bridgehead atoms. The van der Waals surface area contributed by atoms with Crippen LogP contribution in [0.3, 0.4) is 0 Å². The molecule has 1 atom stereocenters. The first kappa shape index (κ1) is 22.0. The SMILES string of the molecule is CC.CC1(C)CCCC(=C=Cc2ccccc2)C1(O)Cn1ncnc1SC#N. The van der Waals surface area contributed by atoms with Crippen molar-refractivity contribution in [2.24, 2.45) is 5.41 Å². The molecule has 6 heteroatoms. The van der Waals surface area contributed by atoms with E-state index < -0.39 is 5.60 Å². The fourth-order valence-corrected chi connectivity index (χ4v) is 3.85. The number of rotatable bonds is 4. The van der Waals surface area contributed by atoms with Gasteiger partial charge in [-0.3, -0.25) is 0 Å². The van der Waals surface area contributed by atoms with Crippen molar-refractivity contribution in [3.05, 3.63) is 53.5 Å². The highest BCUT2D eigenvalue weighted by Crippen LogP contribution is 2.47. The van der Waals surface area contributed by atoms with Gasteiger partial charge in [0.1, 0.15) is 17.3 Å². The van der Waals surface area contributed by atoms with Crippen LogP contribution in [-0.2, 0) is 6.54 Å². The van der Waals surface area contributed by atoms with Crippen LogP contribution in [0.1, 0.15) is 52.5 Å². The molecule has 3 rings (SSSR count). The lowest BCUT2D eigenvalue weighted by Gasteiger charge is -2.47. The predicted molar refractivity (Wildman–Crippen MR) is 113 cm³/mol. The first-order valence-corrected chi connectivity index (χ1v) is 10.5. The van der Waals surface area contributed by atoms with E-state index in [1.807, 2.05) is 55.7 Å². The molecule has 0 radical (unpaired) electrons. The van der Waals surface area contributed by atoms with Gasteiger partial charge in [0, 0.05) is 17.3 Å². The largest absolute Gasteiger partial charge is 0.382 e. The number of aliphatic hydroxyl groups is 1. The summed E-state index contributed by atoms with van der Waals surface area (Å²) in [4.78, 5) is 4.11. The van der Waals surface area contributed by atoms with Gasteiger partial charge < -0.3 is 5.11 Å². The van der Waals surface area contributed by atoms with Crippen molar-refractivity contribution in [2.75, 3.05) is 0 Å². The van der Waals surface area contributed by atoms with Crippen LogP contribution in [-0.4, -0.2) is 25.5 Å². The molecule has 148 valence electrons. The Bertz CT molecular complexity index is 875. The fourth-order valence-electron chi connectivity index (χ4n) is 3.45. The summed E-state index contributed by atoms with van der Waals surface area (Å²) in [6.45, 7) is 8.41. The van der Waals surface area contributed by atoms with E-state index in [1.165, 1.54) is 6.33 Å². The van der Waals surface area contributed by atoms with Gasteiger partial charge in [0.15, 0.2) is 0 Å². The van der Waals surface area contributed by atoms with Gasteiger partial charge in [-0.05, 0) is 36.3 Å². The van der Waals surface area contributed by atoms with E-state index in [1.54, 1.807) is 4.68 Å². The van der Waals surface area contributed by atoms with Crippen molar-refractivity contribution in [2.45, 2.75) is 64.3 Å². The average Bonchev–Trinajstić information content (AvgIpc) is 3.12. The van der Waals surface area contributed by atoms with Crippen LogP contribution in [0, 0.1) is 16.1 Å². The Hall–Kier alpha value is -2.32. The summed E-state index contributed by atoms with van der Waals surface area (Å²) < 4.78 is 1.62. The van der Waals surface area contributed by atoms with Crippen LogP contribution >= 0.6 is 11.8 Å². The topological polar surface area (TPSA) is 74.7 Å². The Morgan fingerprint density at radius 3 is 2.68 bits per heavy atom. The predicted octanol–water partition coefficient (Wildman–Crippen LogP) is 5.06. The molecule has 28 heavy (non-hydrogen) atoms. The summed E-state index contributed by atoms with van der Waals surface area (Å²) in [7, 11) is 0.